The minimum Gasteiger partial charge on any atom is -0.399 e. The predicted octanol–water partition coefficient (Wildman–Crippen LogP) is 4.44. The van der Waals surface area contributed by atoms with Gasteiger partial charge in [-0.1, -0.05) is 17.7 Å². The molecule has 6 heteroatoms. The molecular formula is C18H26BF3O2. The normalized spacial score (nSPS) is 20.5. The molecule has 2 rings (SSSR count). The molecule has 0 atom stereocenters. The number of halogens is 3. The number of aryl methyl sites for hydroxylation is 2. The minimum absolute atomic E-state index is 0.285. The fraction of sp³-hybridized carbons (Fsp3) is 0.667. The van der Waals surface area contributed by atoms with Crippen molar-refractivity contribution in [3.8, 4) is 0 Å². The molecule has 1 fully saturated rings. The molecule has 1 aliphatic heterocycles. The fourth-order valence-electron chi connectivity index (χ4n) is 2.89. The van der Waals surface area contributed by atoms with Crippen molar-refractivity contribution in [2.24, 2.45) is 0 Å². The largest absolute Gasteiger partial charge is 0.495 e. The van der Waals surface area contributed by atoms with Crippen molar-refractivity contribution in [1.82, 2.24) is 0 Å². The van der Waals surface area contributed by atoms with Crippen LogP contribution in [0.4, 0.5) is 13.2 Å². The van der Waals surface area contributed by atoms with Crippen molar-refractivity contribution in [3.05, 3.63) is 28.8 Å². The highest BCUT2D eigenvalue weighted by Gasteiger charge is 2.53. The van der Waals surface area contributed by atoms with E-state index in [9.17, 15) is 13.2 Å². The average molecular weight is 342 g/mol. The van der Waals surface area contributed by atoms with Gasteiger partial charge in [-0.3, -0.25) is 0 Å². The molecule has 1 saturated heterocycles. The number of benzene rings is 1. The molecule has 24 heavy (non-hydrogen) atoms. The molecule has 0 unspecified atom stereocenters. The van der Waals surface area contributed by atoms with Gasteiger partial charge in [0.15, 0.2) is 0 Å². The van der Waals surface area contributed by atoms with Crippen molar-refractivity contribution >= 4 is 12.6 Å². The highest BCUT2D eigenvalue weighted by molar-refractivity contribution is 6.62. The van der Waals surface area contributed by atoms with Gasteiger partial charge in [-0.15, -0.1) is 0 Å². The Hall–Kier alpha value is -1.01. The summed E-state index contributed by atoms with van der Waals surface area (Å²) >= 11 is 0. The van der Waals surface area contributed by atoms with Gasteiger partial charge in [-0.05, 0) is 72.0 Å². The number of hydrogen-bond donors (Lipinski definition) is 0. The molecule has 0 spiro atoms. The second-order valence-corrected chi connectivity index (χ2v) is 8.23. The number of hydrogen-bond acceptors (Lipinski definition) is 2. The molecule has 1 heterocycles. The van der Waals surface area contributed by atoms with Crippen LogP contribution in [0.5, 0.6) is 0 Å². The quantitative estimate of drug-likeness (QED) is 0.740. The summed E-state index contributed by atoms with van der Waals surface area (Å²) in [6, 6.07) is 3.38. The Bertz CT molecular complexity index is 632. The van der Waals surface area contributed by atoms with Crippen LogP contribution in [0.1, 0.15) is 58.2 Å². The maximum atomic E-state index is 13.4. The summed E-state index contributed by atoms with van der Waals surface area (Å²) in [6.07, 6.45) is -4.31. The van der Waals surface area contributed by atoms with Crippen molar-refractivity contribution in [1.29, 1.82) is 0 Å². The first-order valence-electron chi connectivity index (χ1n) is 8.14. The number of rotatable bonds is 2. The summed E-state index contributed by atoms with van der Waals surface area (Å²) in [4.78, 5) is 0. The molecule has 1 aromatic carbocycles. The average Bonchev–Trinajstić information content (AvgIpc) is 2.59. The molecule has 0 bridgehead atoms. The molecular weight excluding hydrogens is 316 g/mol. The first-order chi connectivity index (χ1) is 10.6. The van der Waals surface area contributed by atoms with E-state index in [1.54, 1.807) is 26.0 Å². The third kappa shape index (κ3) is 2.99. The van der Waals surface area contributed by atoms with Crippen LogP contribution in [-0.2, 0) is 14.7 Å². The van der Waals surface area contributed by atoms with E-state index in [1.807, 2.05) is 27.7 Å². The first-order valence-corrected chi connectivity index (χ1v) is 8.14. The smallest absolute Gasteiger partial charge is 0.399 e. The highest BCUT2D eigenvalue weighted by atomic mass is 19.4. The number of alkyl halides is 3. The van der Waals surface area contributed by atoms with Gasteiger partial charge >= 0.3 is 13.3 Å². The summed E-state index contributed by atoms with van der Waals surface area (Å²) in [5.41, 5.74) is -0.472. The second kappa shape index (κ2) is 5.50. The van der Waals surface area contributed by atoms with Crippen molar-refractivity contribution in [3.63, 3.8) is 0 Å². The molecule has 134 valence electrons. The van der Waals surface area contributed by atoms with Gasteiger partial charge in [0, 0.05) is 0 Å². The zero-order valence-corrected chi connectivity index (χ0v) is 15.7. The molecule has 0 radical (unpaired) electrons. The molecule has 0 N–H and O–H groups in total. The molecule has 2 nitrogen and oxygen atoms in total. The Labute approximate surface area is 142 Å². The Kier molecular flexibility index (Phi) is 4.43. The van der Waals surface area contributed by atoms with Gasteiger partial charge < -0.3 is 9.31 Å². The SMILES string of the molecule is Cc1cc(C(C)(C)C(F)(F)F)c(C)cc1B1OC(C)(C)C(C)(C)O1. The highest BCUT2D eigenvalue weighted by Crippen LogP contribution is 2.42. The van der Waals surface area contributed by atoms with Gasteiger partial charge in [0.2, 0.25) is 0 Å². The van der Waals surface area contributed by atoms with Crippen LogP contribution in [-0.4, -0.2) is 24.5 Å². The lowest BCUT2D eigenvalue weighted by atomic mass is 9.72. The maximum Gasteiger partial charge on any atom is 0.495 e. The van der Waals surface area contributed by atoms with Crippen LogP contribution in [0.15, 0.2) is 12.1 Å². The topological polar surface area (TPSA) is 18.5 Å². The standard InChI is InChI=1S/C18H26BF3O2/c1-11-10-14(19-23-16(5,6)17(7,8)24-19)12(2)9-13(11)15(3,4)18(20,21)22/h9-10H,1-8H3. The molecule has 0 amide bonds. The van der Waals surface area contributed by atoms with Crippen LogP contribution < -0.4 is 5.46 Å². The van der Waals surface area contributed by atoms with E-state index in [0.29, 0.717) is 5.56 Å². The van der Waals surface area contributed by atoms with E-state index < -0.39 is 29.9 Å². The van der Waals surface area contributed by atoms with Gasteiger partial charge in [0.25, 0.3) is 0 Å². The van der Waals surface area contributed by atoms with Crippen LogP contribution in [0.3, 0.4) is 0 Å². The summed E-state index contributed by atoms with van der Waals surface area (Å²) < 4.78 is 52.2. The minimum atomic E-state index is -4.31. The van der Waals surface area contributed by atoms with E-state index in [2.05, 4.69) is 0 Å². The van der Waals surface area contributed by atoms with E-state index in [-0.39, 0.29) is 5.56 Å². The van der Waals surface area contributed by atoms with E-state index in [4.69, 9.17) is 9.31 Å². The molecule has 0 aromatic heterocycles. The van der Waals surface area contributed by atoms with Crippen LogP contribution in [0.2, 0.25) is 0 Å². The lowest BCUT2D eigenvalue weighted by Crippen LogP contribution is -2.41. The van der Waals surface area contributed by atoms with E-state index in [1.165, 1.54) is 13.8 Å². The maximum absolute atomic E-state index is 13.4. The fourth-order valence-corrected chi connectivity index (χ4v) is 2.89. The first kappa shape index (κ1) is 19.3. The van der Waals surface area contributed by atoms with E-state index >= 15 is 0 Å². The Balaban J connectivity index is 2.46. The monoisotopic (exact) mass is 342 g/mol. The summed E-state index contributed by atoms with van der Waals surface area (Å²) in [5, 5.41) is 0. The zero-order chi connectivity index (χ0) is 18.7. The van der Waals surface area contributed by atoms with Gasteiger partial charge in [0.05, 0.1) is 16.6 Å². The zero-order valence-electron chi connectivity index (χ0n) is 15.7. The van der Waals surface area contributed by atoms with Crippen LogP contribution in [0.25, 0.3) is 0 Å². The van der Waals surface area contributed by atoms with Crippen molar-refractivity contribution < 1.29 is 22.5 Å². The van der Waals surface area contributed by atoms with Gasteiger partial charge in [0.1, 0.15) is 0 Å². The summed E-state index contributed by atoms with van der Waals surface area (Å²) in [6.45, 7) is 13.7. The summed E-state index contributed by atoms with van der Waals surface area (Å²) in [7, 11) is -0.572. The molecule has 1 aliphatic rings. The van der Waals surface area contributed by atoms with Crippen LogP contribution >= 0.6 is 0 Å². The lowest BCUT2D eigenvalue weighted by molar-refractivity contribution is -0.180. The van der Waals surface area contributed by atoms with Crippen molar-refractivity contribution in [2.75, 3.05) is 0 Å². The van der Waals surface area contributed by atoms with Gasteiger partial charge in [-0.2, -0.15) is 13.2 Å². The molecule has 0 saturated carbocycles. The molecule has 1 aromatic rings. The van der Waals surface area contributed by atoms with Crippen molar-refractivity contribution in [2.45, 2.75) is 78.2 Å². The van der Waals surface area contributed by atoms with Gasteiger partial charge in [-0.25, -0.2) is 0 Å². The Morgan fingerprint density at radius 3 is 1.75 bits per heavy atom. The third-order valence-electron chi connectivity index (χ3n) is 5.50. The Morgan fingerprint density at radius 1 is 0.875 bits per heavy atom. The Morgan fingerprint density at radius 2 is 1.33 bits per heavy atom. The lowest BCUT2D eigenvalue weighted by Gasteiger charge is -2.32. The van der Waals surface area contributed by atoms with E-state index in [0.717, 1.165) is 11.0 Å². The predicted molar refractivity (Wildman–Crippen MR) is 90.7 cm³/mol. The van der Waals surface area contributed by atoms with Crippen LogP contribution in [0, 0.1) is 13.8 Å². The second-order valence-electron chi connectivity index (χ2n) is 8.23. The molecule has 0 aliphatic carbocycles. The summed E-state index contributed by atoms with van der Waals surface area (Å²) in [5.74, 6) is 0. The third-order valence-corrected chi connectivity index (χ3v) is 5.50.